The zero-order chi connectivity index (χ0) is 15.7. The van der Waals surface area contributed by atoms with Gasteiger partial charge >= 0.3 is 0 Å². The molecule has 1 aromatic rings. The molecule has 8 heteroatoms. The summed E-state index contributed by atoms with van der Waals surface area (Å²) in [5.74, 6) is 0. The van der Waals surface area contributed by atoms with Crippen LogP contribution in [0, 0.1) is 6.92 Å². The molecule has 0 heterocycles. The van der Waals surface area contributed by atoms with E-state index in [2.05, 4.69) is 4.72 Å². The van der Waals surface area contributed by atoms with Gasteiger partial charge in [0.25, 0.3) is 0 Å². The Morgan fingerprint density at radius 3 is 2.33 bits per heavy atom. The van der Waals surface area contributed by atoms with E-state index in [1.54, 1.807) is 25.1 Å². The third kappa shape index (κ3) is 4.26. The highest BCUT2D eigenvalue weighted by Crippen LogP contribution is 2.28. The molecule has 0 bridgehead atoms. The first-order valence-electron chi connectivity index (χ1n) is 6.74. The molecule has 2 rings (SSSR count). The van der Waals surface area contributed by atoms with Crippen molar-refractivity contribution in [1.82, 2.24) is 9.03 Å². The van der Waals surface area contributed by atoms with Crippen molar-refractivity contribution in [3.8, 4) is 0 Å². The average molecular weight is 332 g/mol. The number of nitrogens with zero attached hydrogens (tertiary/aromatic N) is 1. The maximum absolute atomic E-state index is 12.2. The Morgan fingerprint density at radius 2 is 1.81 bits per heavy atom. The molecule has 0 atom stereocenters. The third-order valence-corrected chi connectivity index (χ3v) is 6.34. The van der Waals surface area contributed by atoms with Gasteiger partial charge < -0.3 is 0 Å². The number of hydrogen-bond donors (Lipinski definition) is 1. The van der Waals surface area contributed by atoms with E-state index in [1.807, 2.05) is 0 Å². The van der Waals surface area contributed by atoms with Crippen LogP contribution in [0.3, 0.4) is 0 Å². The minimum Gasteiger partial charge on any atom is -0.212 e. The molecule has 0 spiro atoms. The predicted octanol–water partition coefficient (Wildman–Crippen LogP) is 0.697. The van der Waals surface area contributed by atoms with Crippen LogP contribution in [0.2, 0.25) is 0 Å². The van der Waals surface area contributed by atoms with Crippen LogP contribution in [0.15, 0.2) is 29.2 Å². The third-order valence-electron chi connectivity index (χ3n) is 3.39. The molecular weight excluding hydrogens is 312 g/mol. The second-order valence-electron chi connectivity index (χ2n) is 5.27. The van der Waals surface area contributed by atoms with Crippen molar-refractivity contribution >= 4 is 20.0 Å². The highest BCUT2D eigenvalue weighted by molar-refractivity contribution is 7.89. The van der Waals surface area contributed by atoms with Crippen molar-refractivity contribution in [2.75, 3.05) is 19.3 Å². The van der Waals surface area contributed by atoms with Crippen LogP contribution in [0.1, 0.15) is 18.4 Å². The zero-order valence-electron chi connectivity index (χ0n) is 12.1. The molecule has 0 radical (unpaired) electrons. The SMILES string of the molecule is Cc1ccccc1S(=O)(=O)NCCN(C1CC1)S(C)(=O)=O. The number of benzene rings is 1. The summed E-state index contributed by atoms with van der Waals surface area (Å²) in [4.78, 5) is 0.224. The van der Waals surface area contributed by atoms with Gasteiger partial charge in [-0.2, -0.15) is 4.31 Å². The lowest BCUT2D eigenvalue weighted by molar-refractivity contribution is 0.410. The number of aryl methyl sites for hydroxylation is 1. The van der Waals surface area contributed by atoms with Crippen molar-refractivity contribution in [1.29, 1.82) is 0 Å². The number of rotatable bonds is 7. The van der Waals surface area contributed by atoms with Gasteiger partial charge in [0, 0.05) is 19.1 Å². The number of nitrogens with one attached hydrogen (secondary N) is 1. The van der Waals surface area contributed by atoms with Gasteiger partial charge in [-0.1, -0.05) is 18.2 Å². The van der Waals surface area contributed by atoms with Crippen LogP contribution < -0.4 is 4.72 Å². The molecule has 0 aromatic heterocycles. The second kappa shape index (κ2) is 6.04. The van der Waals surface area contributed by atoms with Crippen LogP contribution in [0.5, 0.6) is 0 Å². The maximum Gasteiger partial charge on any atom is 0.240 e. The molecule has 1 aromatic carbocycles. The highest BCUT2D eigenvalue weighted by Gasteiger charge is 2.34. The first kappa shape index (κ1) is 16.4. The molecule has 0 amide bonds. The van der Waals surface area contributed by atoms with E-state index < -0.39 is 20.0 Å². The fraction of sp³-hybridized carbons (Fsp3) is 0.538. The lowest BCUT2D eigenvalue weighted by Gasteiger charge is -2.19. The zero-order valence-corrected chi connectivity index (χ0v) is 13.7. The Kier molecular flexibility index (Phi) is 4.72. The Bertz CT molecular complexity index is 709. The summed E-state index contributed by atoms with van der Waals surface area (Å²) in [6, 6.07) is 6.72. The minimum atomic E-state index is -3.61. The van der Waals surface area contributed by atoms with E-state index in [0.29, 0.717) is 5.56 Å². The monoisotopic (exact) mass is 332 g/mol. The van der Waals surface area contributed by atoms with Crippen LogP contribution in [-0.4, -0.2) is 46.5 Å². The van der Waals surface area contributed by atoms with Crippen LogP contribution in [0.4, 0.5) is 0 Å². The molecule has 1 fully saturated rings. The van der Waals surface area contributed by atoms with Crippen LogP contribution >= 0.6 is 0 Å². The normalized spacial score (nSPS) is 16.3. The molecule has 118 valence electrons. The smallest absolute Gasteiger partial charge is 0.212 e. The Labute approximate surface area is 126 Å². The standard InChI is InChI=1S/C13H20N2O4S2/c1-11-5-3-4-6-13(11)21(18,19)14-9-10-15(12-7-8-12)20(2,16)17/h3-6,12,14H,7-10H2,1-2H3. The lowest BCUT2D eigenvalue weighted by atomic mass is 10.2. The molecular formula is C13H20N2O4S2. The van der Waals surface area contributed by atoms with E-state index in [9.17, 15) is 16.8 Å². The van der Waals surface area contributed by atoms with Crippen molar-refractivity contribution in [3.63, 3.8) is 0 Å². The first-order chi connectivity index (χ1) is 9.72. The van der Waals surface area contributed by atoms with E-state index in [0.717, 1.165) is 19.1 Å². The van der Waals surface area contributed by atoms with Gasteiger partial charge in [0.05, 0.1) is 11.2 Å². The Hall–Kier alpha value is -0.960. The molecule has 1 N–H and O–H groups in total. The first-order valence-corrected chi connectivity index (χ1v) is 10.1. The van der Waals surface area contributed by atoms with Crippen molar-refractivity contribution in [2.45, 2.75) is 30.7 Å². The van der Waals surface area contributed by atoms with Gasteiger partial charge in [-0.15, -0.1) is 0 Å². The summed E-state index contributed by atoms with van der Waals surface area (Å²) in [5.41, 5.74) is 0.659. The maximum atomic E-state index is 12.2. The topological polar surface area (TPSA) is 83.6 Å². The predicted molar refractivity (Wildman–Crippen MR) is 80.9 cm³/mol. The molecule has 1 saturated carbocycles. The minimum absolute atomic E-state index is 0.0305. The summed E-state index contributed by atoms with van der Waals surface area (Å²) in [5, 5.41) is 0. The molecule has 1 aliphatic rings. The van der Waals surface area contributed by atoms with Gasteiger partial charge in [0.1, 0.15) is 0 Å². The summed E-state index contributed by atoms with van der Waals surface area (Å²) in [6.07, 6.45) is 2.84. The van der Waals surface area contributed by atoms with Crippen molar-refractivity contribution in [2.24, 2.45) is 0 Å². The quantitative estimate of drug-likeness (QED) is 0.796. The van der Waals surface area contributed by atoms with Crippen molar-refractivity contribution < 1.29 is 16.8 Å². The average Bonchev–Trinajstić information content (AvgIpc) is 3.17. The molecule has 0 saturated heterocycles. The second-order valence-corrected chi connectivity index (χ2v) is 8.94. The number of sulfonamides is 2. The van der Waals surface area contributed by atoms with Gasteiger partial charge in [-0.25, -0.2) is 21.6 Å². The molecule has 6 nitrogen and oxygen atoms in total. The van der Waals surface area contributed by atoms with E-state index in [4.69, 9.17) is 0 Å². The van der Waals surface area contributed by atoms with E-state index >= 15 is 0 Å². The van der Waals surface area contributed by atoms with E-state index in [-0.39, 0.29) is 24.0 Å². The summed E-state index contributed by atoms with van der Waals surface area (Å²) < 4.78 is 51.5. The van der Waals surface area contributed by atoms with Crippen molar-refractivity contribution in [3.05, 3.63) is 29.8 Å². The molecule has 21 heavy (non-hydrogen) atoms. The molecule has 0 unspecified atom stereocenters. The largest absolute Gasteiger partial charge is 0.240 e. The molecule has 1 aliphatic carbocycles. The number of hydrogen-bond acceptors (Lipinski definition) is 4. The van der Waals surface area contributed by atoms with Gasteiger partial charge in [0.2, 0.25) is 20.0 Å². The van der Waals surface area contributed by atoms with Gasteiger partial charge in [0.15, 0.2) is 0 Å². The Balaban J connectivity index is 2.01. The van der Waals surface area contributed by atoms with Crippen LogP contribution in [0.25, 0.3) is 0 Å². The lowest BCUT2D eigenvalue weighted by Crippen LogP contribution is -2.39. The van der Waals surface area contributed by atoms with E-state index in [1.165, 1.54) is 10.4 Å². The van der Waals surface area contributed by atoms with Gasteiger partial charge in [-0.3, -0.25) is 0 Å². The Morgan fingerprint density at radius 1 is 1.19 bits per heavy atom. The fourth-order valence-corrected chi connectivity index (χ4v) is 4.65. The van der Waals surface area contributed by atoms with Gasteiger partial charge in [-0.05, 0) is 31.4 Å². The highest BCUT2D eigenvalue weighted by atomic mass is 32.2. The summed E-state index contributed by atoms with van der Waals surface area (Å²) >= 11 is 0. The van der Waals surface area contributed by atoms with Crippen LogP contribution in [-0.2, 0) is 20.0 Å². The fourth-order valence-electron chi connectivity index (χ4n) is 2.21. The summed E-state index contributed by atoms with van der Waals surface area (Å²) in [6.45, 7) is 1.95. The summed E-state index contributed by atoms with van der Waals surface area (Å²) in [7, 11) is -6.90. The molecule has 0 aliphatic heterocycles.